The zero-order valence-corrected chi connectivity index (χ0v) is 11.9. The van der Waals surface area contributed by atoms with E-state index in [9.17, 15) is 8.42 Å². The molecule has 5 nitrogen and oxygen atoms in total. The van der Waals surface area contributed by atoms with Crippen molar-refractivity contribution in [2.45, 2.75) is 17.9 Å². The molecule has 0 N–H and O–H groups in total. The van der Waals surface area contributed by atoms with Crippen LogP contribution in [0.2, 0.25) is 0 Å². The number of sulfonamides is 1. The first-order chi connectivity index (χ1) is 9.61. The van der Waals surface area contributed by atoms with Crippen molar-refractivity contribution in [2.75, 3.05) is 13.7 Å². The fraction of sp³-hybridized carbons (Fsp3) is 0.286. The third-order valence-corrected chi connectivity index (χ3v) is 5.34. The van der Waals surface area contributed by atoms with Crippen molar-refractivity contribution < 1.29 is 17.6 Å². The Kier molecular flexibility index (Phi) is 3.27. The van der Waals surface area contributed by atoms with Crippen LogP contribution in [0.1, 0.15) is 11.3 Å². The number of benzene rings is 1. The van der Waals surface area contributed by atoms with Gasteiger partial charge >= 0.3 is 0 Å². The predicted molar refractivity (Wildman–Crippen MR) is 73.0 cm³/mol. The van der Waals surface area contributed by atoms with Gasteiger partial charge in [-0.15, -0.1) is 0 Å². The summed E-state index contributed by atoms with van der Waals surface area (Å²) in [6.07, 6.45) is 2.29. The van der Waals surface area contributed by atoms with Gasteiger partial charge in [-0.3, -0.25) is 0 Å². The van der Waals surface area contributed by atoms with Gasteiger partial charge in [0, 0.05) is 6.54 Å². The third-order valence-electron chi connectivity index (χ3n) is 3.49. The lowest BCUT2D eigenvalue weighted by Crippen LogP contribution is -2.35. The maximum Gasteiger partial charge on any atom is 0.243 e. The van der Waals surface area contributed by atoms with Gasteiger partial charge in [0.05, 0.1) is 24.8 Å². The predicted octanol–water partition coefficient (Wildman–Crippen LogP) is 2.04. The van der Waals surface area contributed by atoms with E-state index in [2.05, 4.69) is 0 Å². The van der Waals surface area contributed by atoms with E-state index in [4.69, 9.17) is 9.15 Å². The van der Waals surface area contributed by atoms with Crippen LogP contribution in [-0.2, 0) is 23.0 Å². The highest BCUT2D eigenvalue weighted by molar-refractivity contribution is 7.89. The maximum absolute atomic E-state index is 12.6. The summed E-state index contributed by atoms with van der Waals surface area (Å²) < 4.78 is 36.9. The van der Waals surface area contributed by atoms with E-state index in [0.717, 1.165) is 11.3 Å². The number of methoxy groups -OCH3 is 1. The molecule has 0 atom stereocenters. The summed E-state index contributed by atoms with van der Waals surface area (Å²) in [6.45, 7) is 0.761. The number of furan rings is 1. The standard InChI is InChI=1S/C14H15NO4S/c1-18-12-2-4-13(5-3-12)20(16,17)15-8-6-11-7-9-19-14(11)10-15/h2-5,7,9H,6,8,10H2,1H3. The van der Waals surface area contributed by atoms with Crippen LogP contribution in [0.4, 0.5) is 0 Å². The summed E-state index contributed by atoms with van der Waals surface area (Å²) in [5.74, 6) is 1.37. The Morgan fingerprint density at radius 3 is 2.65 bits per heavy atom. The minimum atomic E-state index is -3.49. The number of rotatable bonds is 3. The van der Waals surface area contributed by atoms with Crippen molar-refractivity contribution in [1.82, 2.24) is 4.31 Å². The van der Waals surface area contributed by atoms with E-state index in [-0.39, 0.29) is 11.4 Å². The lowest BCUT2D eigenvalue weighted by Gasteiger charge is -2.25. The van der Waals surface area contributed by atoms with Crippen LogP contribution in [0, 0.1) is 0 Å². The van der Waals surface area contributed by atoms with Crippen LogP contribution >= 0.6 is 0 Å². The molecule has 1 aliphatic rings. The summed E-state index contributed by atoms with van der Waals surface area (Å²) in [5, 5.41) is 0. The van der Waals surface area contributed by atoms with Crippen LogP contribution < -0.4 is 4.74 Å². The van der Waals surface area contributed by atoms with Gasteiger partial charge < -0.3 is 9.15 Å². The molecule has 2 heterocycles. The second-order valence-corrected chi connectivity index (χ2v) is 6.57. The topological polar surface area (TPSA) is 59.8 Å². The number of fused-ring (bicyclic) bond motifs is 1. The van der Waals surface area contributed by atoms with Crippen molar-refractivity contribution in [2.24, 2.45) is 0 Å². The van der Waals surface area contributed by atoms with E-state index >= 15 is 0 Å². The molecule has 0 bridgehead atoms. The largest absolute Gasteiger partial charge is 0.497 e. The van der Waals surface area contributed by atoms with E-state index in [1.54, 1.807) is 37.6 Å². The van der Waals surface area contributed by atoms with Gasteiger partial charge in [-0.25, -0.2) is 8.42 Å². The molecule has 0 fully saturated rings. The number of hydrogen-bond acceptors (Lipinski definition) is 4. The first-order valence-electron chi connectivity index (χ1n) is 6.31. The molecule has 0 saturated carbocycles. The summed E-state index contributed by atoms with van der Waals surface area (Å²) >= 11 is 0. The van der Waals surface area contributed by atoms with E-state index in [1.165, 1.54) is 4.31 Å². The lowest BCUT2D eigenvalue weighted by atomic mass is 10.1. The molecular formula is C14H15NO4S. The normalized spacial score (nSPS) is 15.8. The van der Waals surface area contributed by atoms with Gasteiger partial charge in [0.15, 0.2) is 0 Å². The second kappa shape index (κ2) is 4.96. The molecule has 1 aliphatic heterocycles. The summed E-state index contributed by atoms with van der Waals surface area (Å²) in [7, 11) is -1.94. The Morgan fingerprint density at radius 1 is 1.20 bits per heavy atom. The van der Waals surface area contributed by atoms with Gasteiger partial charge in [0.1, 0.15) is 11.5 Å². The van der Waals surface area contributed by atoms with Gasteiger partial charge in [-0.2, -0.15) is 4.31 Å². The number of nitrogens with zero attached hydrogens (tertiary/aromatic N) is 1. The molecule has 3 rings (SSSR count). The van der Waals surface area contributed by atoms with Crippen molar-refractivity contribution >= 4 is 10.0 Å². The minimum Gasteiger partial charge on any atom is -0.497 e. The lowest BCUT2D eigenvalue weighted by molar-refractivity contribution is 0.343. The Bertz CT molecular complexity index is 703. The average molecular weight is 293 g/mol. The highest BCUT2D eigenvalue weighted by atomic mass is 32.2. The molecule has 0 spiro atoms. The SMILES string of the molecule is COc1ccc(S(=O)(=O)N2CCc3ccoc3C2)cc1. The van der Waals surface area contributed by atoms with E-state index in [1.807, 2.05) is 6.07 Å². The van der Waals surface area contributed by atoms with Gasteiger partial charge in [0.2, 0.25) is 10.0 Å². The number of ether oxygens (including phenoxy) is 1. The molecule has 106 valence electrons. The molecule has 2 aromatic rings. The average Bonchev–Trinajstić information content (AvgIpc) is 2.94. The Balaban J connectivity index is 1.88. The molecule has 1 aromatic heterocycles. The second-order valence-electron chi connectivity index (χ2n) is 4.63. The fourth-order valence-electron chi connectivity index (χ4n) is 2.31. The monoisotopic (exact) mass is 293 g/mol. The molecule has 0 saturated heterocycles. The smallest absolute Gasteiger partial charge is 0.243 e. The first kappa shape index (κ1) is 13.2. The molecular weight excluding hydrogens is 278 g/mol. The van der Waals surface area contributed by atoms with E-state index in [0.29, 0.717) is 18.7 Å². The quantitative estimate of drug-likeness (QED) is 0.869. The Hall–Kier alpha value is -1.79. The van der Waals surface area contributed by atoms with Crippen molar-refractivity contribution in [3.8, 4) is 5.75 Å². The first-order valence-corrected chi connectivity index (χ1v) is 7.75. The Morgan fingerprint density at radius 2 is 1.95 bits per heavy atom. The van der Waals surface area contributed by atoms with Crippen LogP contribution in [0.15, 0.2) is 45.9 Å². The molecule has 0 radical (unpaired) electrons. The van der Waals surface area contributed by atoms with Crippen LogP contribution in [0.3, 0.4) is 0 Å². The minimum absolute atomic E-state index is 0.272. The Labute approximate surface area is 117 Å². The van der Waals surface area contributed by atoms with Crippen LogP contribution in [0.5, 0.6) is 5.75 Å². The zero-order chi connectivity index (χ0) is 14.2. The van der Waals surface area contributed by atoms with Gasteiger partial charge in [-0.1, -0.05) is 0 Å². The van der Waals surface area contributed by atoms with Crippen LogP contribution in [-0.4, -0.2) is 26.4 Å². The zero-order valence-electron chi connectivity index (χ0n) is 11.1. The van der Waals surface area contributed by atoms with Crippen molar-refractivity contribution in [3.05, 3.63) is 47.9 Å². The highest BCUT2D eigenvalue weighted by Crippen LogP contribution is 2.26. The van der Waals surface area contributed by atoms with E-state index < -0.39 is 10.0 Å². The molecule has 0 unspecified atom stereocenters. The fourth-order valence-corrected chi connectivity index (χ4v) is 3.71. The number of hydrogen-bond donors (Lipinski definition) is 0. The van der Waals surface area contributed by atoms with Crippen molar-refractivity contribution in [1.29, 1.82) is 0 Å². The molecule has 20 heavy (non-hydrogen) atoms. The summed E-state index contributed by atoms with van der Waals surface area (Å²) in [6, 6.07) is 8.31. The molecule has 6 heteroatoms. The van der Waals surface area contributed by atoms with Crippen molar-refractivity contribution in [3.63, 3.8) is 0 Å². The molecule has 1 aromatic carbocycles. The summed E-state index contributed by atoms with van der Waals surface area (Å²) in [4.78, 5) is 0.272. The van der Waals surface area contributed by atoms with Gasteiger partial charge in [-0.05, 0) is 42.3 Å². The molecule has 0 amide bonds. The maximum atomic E-state index is 12.6. The van der Waals surface area contributed by atoms with Gasteiger partial charge in [0.25, 0.3) is 0 Å². The highest BCUT2D eigenvalue weighted by Gasteiger charge is 2.29. The molecule has 0 aliphatic carbocycles. The third kappa shape index (κ3) is 2.21. The van der Waals surface area contributed by atoms with Crippen LogP contribution in [0.25, 0.3) is 0 Å². The summed E-state index contributed by atoms with van der Waals surface area (Å²) in [5.41, 5.74) is 1.09.